The number of ketones is 1. The van der Waals surface area contributed by atoms with Gasteiger partial charge >= 0.3 is 5.97 Å². The van der Waals surface area contributed by atoms with Crippen LogP contribution in [0.25, 0.3) is 16.7 Å². The van der Waals surface area contributed by atoms with Crippen LogP contribution in [0.5, 0.6) is 0 Å². The normalized spacial score (nSPS) is 27.2. The molecular formula is C39H42Cl2N4O7. The number of aliphatic carboxylic acids is 1. The van der Waals surface area contributed by atoms with Crippen LogP contribution in [-0.4, -0.2) is 111 Å². The van der Waals surface area contributed by atoms with E-state index in [4.69, 9.17) is 0 Å². The molecule has 5 heterocycles. The molecule has 0 saturated carbocycles. The molecule has 11 nitrogen and oxygen atoms in total. The first kappa shape index (κ1) is 37.7. The first-order valence-corrected chi connectivity index (χ1v) is 17.4. The highest BCUT2D eigenvalue weighted by atomic mass is 35.5. The van der Waals surface area contributed by atoms with Crippen LogP contribution in [0.4, 0.5) is 5.69 Å². The van der Waals surface area contributed by atoms with Crippen LogP contribution in [0.3, 0.4) is 0 Å². The Kier molecular flexibility index (Phi) is 9.93. The van der Waals surface area contributed by atoms with Crippen molar-refractivity contribution in [2.45, 2.75) is 39.1 Å². The number of amides is 2. The second-order valence-electron chi connectivity index (χ2n) is 15.0. The lowest BCUT2D eigenvalue weighted by Gasteiger charge is -2.55. The average molecular weight is 750 g/mol. The molecule has 4 fully saturated rings. The molecule has 4 saturated heterocycles. The zero-order chi connectivity index (χ0) is 35.1. The third kappa shape index (κ3) is 5.93. The number of nitrogens with one attached hydrogen (secondary N) is 1. The van der Waals surface area contributed by atoms with Gasteiger partial charge in [0.15, 0.2) is 12.3 Å². The summed E-state index contributed by atoms with van der Waals surface area (Å²) in [5, 5.41) is 32.8. The van der Waals surface area contributed by atoms with Crippen LogP contribution in [0.15, 0.2) is 66.4 Å². The minimum absolute atomic E-state index is 0. The number of fused-ring (bicyclic) bond motifs is 7. The number of carbonyl (C=O) groups is 4. The van der Waals surface area contributed by atoms with E-state index in [2.05, 4.69) is 11.4 Å². The average Bonchev–Trinajstić information content (AvgIpc) is 3.52. The molecule has 0 aromatic heterocycles. The van der Waals surface area contributed by atoms with E-state index in [0.29, 0.717) is 34.5 Å². The van der Waals surface area contributed by atoms with Gasteiger partial charge in [0.1, 0.15) is 51.5 Å². The third-order valence-electron chi connectivity index (χ3n) is 12.1. The number of β-lactam (4-membered cyclic amide) rings is 1. The topological polar surface area (TPSA) is 144 Å². The lowest BCUT2D eigenvalue weighted by atomic mass is 9.76. The summed E-state index contributed by atoms with van der Waals surface area (Å²) in [6, 6.07) is 18.4. The van der Waals surface area contributed by atoms with Crippen molar-refractivity contribution < 1.29 is 68.3 Å². The van der Waals surface area contributed by atoms with Crippen LogP contribution < -0.4 is 30.1 Å². The van der Waals surface area contributed by atoms with Crippen molar-refractivity contribution in [2.75, 3.05) is 51.1 Å². The van der Waals surface area contributed by atoms with E-state index in [1.54, 1.807) is 25.1 Å². The van der Waals surface area contributed by atoms with Gasteiger partial charge in [-0.2, -0.15) is 0 Å². The number of carboxylic acid groups (broad SMARTS) is 1. The van der Waals surface area contributed by atoms with Crippen LogP contribution in [0.2, 0.25) is 0 Å². The largest absolute Gasteiger partial charge is 1.00 e. The molecule has 13 heteroatoms. The highest BCUT2D eigenvalue weighted by molar-refractivity contribution is 6.22. The van der Waals surface area contributed by atoms with E-state index < -0.39 is 24.0 Å². The lowest BCUT2D eigenvalue weighted by Crippen LogP contribution is -3.00. The molecule has 274 valence electrons. The lowest BCUT2D eigenvalue weighted by molar-refractivity contribution is -1.08. The minimum Gasteiger partial charge on any atom is -1.00 e. The molecule has 2 bridgehead atoms. The number of nitrogens with zero attached hydrogens (tertiary/aromatic N) is 3. The Hall–Kier alpha value is -4.10. The van der Waals surface area contributed by atoms with Gasteiger partial charge in [-0.05, 0) is 65.1 Å². The van der Waals surface area contributed by atoms with Crippen molar-refractivity contribution in [3.63, 3.8) is 0 Å². The van der Waals surface area contributed by atoms with Crippen molar-refractivity contribution in [2.24, 2.45) is 11.8 Å². The zero-order valence-corrected chi connectivity index (χ0v) is 30.5. The molecule has 9 rings (SSSR count). The van der Waals surface area contributed by atoms with Gasteiger partial charge in [-0.1, -0.05) is 37.3 Å². The standard InChI is InChI=1S/C39H40N4O7.2ClH/c1-22-33(36(39(49)50)41-35(22)34(23(2)45)38(41)48)26-7-9-29-30(18-26)28-8-6-24(17-31(28)37(29)47)19-42-10-13-43(14-11-42,15-12-42)20-32(46)40-27-5-3-4-25(16-27)21-44;;/h3-9,16-18,22-23,34-35,44-45H,10-15,19-21H2,1-2H3;2*1H/t22-,23+,34+,35+,42?,43?;;/m0../s1. The van der Waals surface area contributed by atoms with Crippen molar-refractivity contribution in [1.82, 2.24) is 4.90 Å². The number of benzene rings is 3. The first-order valence-electron chi connectivity index (χ1n) is 17.4. The van der Waals surface area contributed by atoms with Crippen LogP contribution in [0, 0.1) is 11.8 Å². The summed E-state index contributed by atoms with van der Waals surface area (Å²) in [5.74, 6) is -2.55. The predicted octanol–water partition coefficient (Wildman–Crippen LogP) is -3.15. The first-order chi connectivity index (χ1) is 23.9. The van der Waals surface area contributed by atoms with E-state index in [1.807, 2.05) is 43.3 Å². The molecule has 2 amide bonds. The van der Waals surface area contributed by atoms with Crippen molar-refractivity contribution in [1.29, 1.82) is 0 Å². The number of halogens is 2. The van der Waals surface area contributed by atoms with Gasteiger partial charge in [-0.15, -0.1) is 0 Å². The van der Waals surface area contributed by atoms with E-state index in [9.17, 15) is 34.5 Å². The molecule has 0 radical (unpaired) electrons. The fraction of sp³-hybridized carbons (Fsp3) is 0.385. The molecular weight excluding hydrogens is 707 g/mol. The second-order valence-corrected chi connectivity index (χ2v) is 15.0. The minimum atomic E-state index is -1.18. The molecule has 3 aromatic carbocycles. The van der Waals surface area contributed by atoms with Gasteiger partial charge in [-0.25, -0.2) is 4.79 Å². The Bertz CT molecular complexity index is 2010. The number of anilines is 1. The molecule has 5 aliphatic heterocycles. The molecule has 3 aromatic rings. The summed E-state index contributed by atoms with van der Waals surface area (Å²) in [6.45, 7) is 10.2. The summed E-state index contributed by atoms with van der Waals surface area (Å²) in [5.41, 5.74) is 6.54. The Morgan fingerprint density at radius 3 is 2.19 bits per heavy atom. The third-order valence-corrected chi connectivity index (χ3v) is 12.1. The fourth-order valence-electron chi connectivity index (χ4n) is 9.40. The van der Waals surface area contributed by atoms with Gasteiger partial charge in [0.25, 0.3) is 5.91 Å². The SMILES string of the molecule is C[C@@H](O)[C@H]1C(=O)N2C(C(=O)O)=C(c3ccc4c(c3)-c3ccc(C[N+]56CC[N+](CC(=O)Nc7cccc(CO)c7)(CC5)CC6)cc3C4=O)[C@H](C)[C@H]12.[Cl-].[Cl-]. The number of carbonyl (C=O) groups excluding carboxylic acids is 3. The Labute approximate surface area is 314 Å². The fourth-order valence-corrected chi connectivity index (χ4v) is 9.40. The summed E-state index contributed by atoms with van der Waals surface area (Å²) in [6.07, 6.45) is -0.880. The van der Waals surface area contributed by atoms with Gasteiger partial charge in [0.2, 0.25) is 5.91 Å². The van der Waals surface area contributed by atoms with E-state index in [-0.39, 0.29) is 60.6 Å². The molecule has 6 aliphatic rings. The summed E-state index contributed by atoms with van der Waals surface area (Å²) >= 11 is 0. The monoisotopic (exact) mass is 748 g/mol. The zero-order valence-electron chi connectivity index (χ0n) is 29.0. The molecule has 4 N–H and O–H groups in total. The summed E-state index contributed by atoms with van der Waals surface area (Å²) in [7, 11) is 0. The molecule has 1 aliphatic carbocycles. The number of rotatable bonds is 9. The Morgan fingerprint density at radius 2 is 1.54 bits per heavy atom. The maximum atomic E-state index is 13.7. The van der Waals surface area contributed by atoms with Crippen molar-refractivity contribution in [3.8, 4) is 11.1 Å². The smallest absolute Gasteiger partial charge is 0.352 e. The number of quaternary nitrogens is 2. The Balaban J connectivity index is 0.00000232. The van der Waals surface area contributed by atoms with Crippen LogP contribution in [0.1, 0.15) is 46.5 Å². The van der Waals surface area contributed by atoms with Gasteiger partial charge < -0.3 is 59.3 Å². The number of hydrogen-bond acceptors (Lipinski definition) is 6. The number of piperazine rings is 3. The van der Waals surface area contributed by atoms with E-state index in [1.165, 1.54) is 4.90 Å². The molecule has 4 atom stereocenters. The number of aliphatic hydroxyl groups excluding tert-OH is 2. The van der Waals surface area contributed by atoms with E-state index >= 15 is 0 Å². The highest BCUT2D eigenvalue weighted by Crippen LogP contribution is 2.51. The maximum Gasteiger partial charge on any atom is 0.352 e. The van der Waals surface area contributed by atoms with Gasteiger partial charge in [-0.3, -0.25) is 14.4 Å². The second kappa shape index (κ2) is 13.7. The number of carboxylic acids is 1. The summed E-state index contributed by atoms with van der Waals surface area (Å²) in [4.78, 5) is 53.4. The van der Waals surface area contributed by atoms with Crippen molar-refractivity contribution >= 4 is 34.8 Å². The van der Waals surface area contributed by atoms with Gasteiger partial charge in [0.05, 0.1) is 24.7 Å². The van der Waals surface area contributed by atoms with Gasteiger partial charge in [0, 0.05) is 28.3 Å². The number of hydrogen-bond donors (Lipinski definition) is 4. The Morgan fingerprint density at radius 1 is 0.865 bits per heavy atom. The highest BCUT2D eigenvalue weighted by Gasteiger charge is 2.60. The van der Waals surface area contributed by atoms with Crippen LogP contribution >= 0.6 is 0 Å². The quantitative estimate of drug-likeness (QED) is 0.105. The van der Waals surface area contributed by atoms with Crippen molar-refractivity contribution in [3.05, 3.63) is 94.2 Å². The predicted molar refractivity (Wildman–Crippen MR) is 184 cm³/mol. The molecule has 0 spiro atoms. The summed E-state index contributed by atoms with van der Waals surface area (Å²) < 4.78 is 1.70. The molecule has 0 unspecified atom stereocenters. The van der Waals surface area contributed by atoms with Crippen LogP contribution in [-0.2, 0) is 27.5 Å². The number of aliphatic hydroxyl groups is 2. The molecule has 52 heavy (non-hydrogen) atoms. The van der Waals surface area contributed by atoms with E-state index in [0.717, 1.165) is 77.0 Å². The maximum absolute atomic E-state index is 13.7.